The van der Waals surface area contributed by atoms with Crippen LogP contribution >= 0.6 is 11.6 Å². The smallest absolute Gasteiger partial charge is 0.272 e. The second-order valence-corrected chi connectivity index (χ2v) is 8.39. The normalized spacial score (nSPS) is 11.1. The number of anilines is 3. The van der Waals surface area contributed by atoms with Gasteiger partial charge >= 0.3 is 0 Å². The lowest BCUT2D eigenvalue weighted by Crippen LogP contribution is -2.12. The van der Waals surface area contributed by atoms with Crippen molar-refractivity contribution in [2.75, 3.05) is 10.6 Å². The molecule has 4 N–H and O–H groups in total. The van der Waals surface area contributed by atoms with E-state index >= 15 is 0 Å². The largest absolute Gasteiger partial charge is 0.350 e. The van der Waals surface area contributed by atoms with Crippen LogP contribution in [-0.2, 0) is 0 Å². The SMILES string of the molecule is O=C(Nc1ccccc1Cl)c1cc2ccc(-c3nccc(Nc4ccc5[nH]ncc5c4)n3)cc2[nH]1. The van der Waals surface area contributed by atoms with Gasteiger partial charge in [-0.1, -0.05) is 35.9 Å². The first-order valence-electron chi connectivity index (χ1n) is 10.8. The molecule has 0 atom stereocenters. The number of amides is 1. The van der Waals surface area contributed by atoms with E-state index in [1.165, 1.54) is 0 Å². The van der Waals surface area contributed by atoms with Crippen molar-refractivity contribution in [1.82, 2.24) is 25.1 Å². The van der Waals surface area contributed by atoms with Gasteiger partial charge in [0.2, 0.25) is 0 Å². The van der Waals surface area contributed by atoms with E-state index in [1.807, 2.05) is 54.6 Å². The Kier molecular flexibility index (Phi) is 5.12. The molecule has 1 amide bonds. The highest BCUT2D eigenvalue weighted by atomic mass is 35.5. The summed E-state index contributed by atoms with van der Waals surface area (Å²) >= 11 is 6.16. The Morgan fingerprint density at radius 1 is 0.914 bits per heavy atom. The van der Waals surface area contributed by atoms with Gasteiger partial charge in [0.05, 0.1) is 22.4 Å². The number of rotatable bonds is 5. The van der Waals surface area contributed by atoms with E-state index in [9.17, 15) is 4.79 Å². The number of fused-ring (bicyclic) bond motifs is 2. The molecule has 3 aromatic carbocycles. The molecule has 170 valence electrons. The molecule has 0 bridgehead atoms. The molecule has 0 saturated heterocycles. The van der Waals surface area contributed by atoms with Crippen molar-refractivity contribution in [2.24, 2.45) is 0 Å². The summed E-state index contributed by atoms with van der Waals surface area (Å²) in [6, 6.07) is 22.5. The summed E-state index contributed by atoms with van der Waals surface area (Å²) in [4.78, 5) is 25.0. The summed E-state index contributed by atoms with van der Waals surface area (Å²) in [5.41, 5.74) is 4.49. The molecular formula is C26H18ClN7O. The molecule has 6 aromatic rings. The van der Waals surface area contributed by atoms with E-state index in [0.717, 1.165) is 33.1 Å². The van der Waals surface area contributed by atoms with Gasteiger partial charge in [-0.05, 0) is 48.5 Å². The first-order chi connectivity index (χ1) is 17.1. The number of halogens is 1. The number of hydrogen-bond acceptors (Lipinski definition) is 5. The van der Waals surface area contributed by atoms with Gasteiger partial charge in [-0.25, -0.2) is 9.97 Å². The van der Waals surface area contributed by atoms with Crippen LogP contribution in [0, 0.1) is 0 Å². The molecule has 3 aromatic heterocycles. The number of carbonyl (C=O) groups excluding carboxylic acids is 1. The minimum Gasteiger partial charge on any atom is -0.350 e. The fourth-order valence-corrected chi connectivity index (χ4v) is 4.06. The van der Waals surface area contributed by atoms with Crippen LogP contribution in [-0.4, -0.2) is 31.1 Å². The van der Waals surface area contributed by atoms with Gasteiger partial charge < -0.3 is 15.6 Å². The van der Waals surface area contributed by atoms with Crippen molar-refractivity contribution in [1.29, 1.82) is 0 Å². The van der Waals surface area contributed by atoms with Crippen LogP contribution < -0.4 is 10.6 Å². The molecule has 0 unspecified atom stereocenters. The molecule has 0 aliphatic rings. The minimum atomic E-state index is -0.270. The van der Waals surface area contributed by atoms with Crippen molar-refractivity contribution < 1.29 is 4.79 Å². The van der Waals surface area contributed by atoms with Gasteiger partial charge in [0, 0.05) is 33.7 Å². The van der Waals surface area contributed by atoms with E-state index in [0.29, 0.717) is 28.0 Å². The molecule has 35 heavy (non-hydrogen) atoms. The Morgan fingerprint density at radius 2 is 1.83 bits per heavy atom. The van der Waals surface area contributed by atoms with Crippen LogP contribution in [0.5, 0.6) is 0 Å². The molecular weight excluding hydrogens is 462 g/mol. The molecule has 0 radical (unpaired) electrons. The Morgan fingerprint density at radius 3 is 2.74 bits per heavy atom. The molecule has 8 nitrogen and oxygen atoms in total. The van der Waals surface area contributed by atoms with Crippen molar-refractivity contribution in [3.8, 4) is 11.4 Å². The van der Waals surface area contributed by atoms with Gasteiger partial charge in [0.15, 0.2) is 5.82 Å². The molecule has 9 heteroatoms. The zero-order valence-corrected chi connectivity index (χ0v) is 19.0. The second kappa shape index (κ2) is 8.58. The number of nitrogens with zero attached hydrogens (tertiary/aromatic N) is 3. The summed E-state index contributed by atoms with van der Waals surface area (Å²) < 4.78 is 0. The highest BCUT2D eigenvalue weighted by molar-refractivity contribution is 6.33. The van der Waals surface area contributed by atoms with E-state index in [-0.39, 0.29) is 5.91 Å². The highest BCUT2D eigenvalue weighted by Crippen LogP contribution is 2.26. The van der Waals surface area contributed by atoms with Gasteiger partial charge in [-0.3, -0.25) is 9.89 Å². The summed E-state index contributed by atoms with van der Waals surface area (Å²) in [6.07, 6.45) is 3.49. The van der Waals surface area contributed by atoms with Gasteiger partial charge in [0.25, 0.3) is 5.91 Å². The van der Waals surface area contributed by atoms with Gasteiger partial charge in [0.1, 0.15) is 11.5 Å². The first-order valence-corrected chi connectivity index (χ1v) is 11.2. The van der Waals surface area contributed by atoms with Crippen LogP contribution in [0.2, 0.25) is 5.02 Å². The van der Waals surface area contributed by atoms with E-state index < -0.39 is 0 Å². The Bertz CT molecular complexity index is 1710. The number of aromatic nitrogens is 5. The monoisotopic (exact) mass is 479 g/mol. The topological polar surface area (TPSA) is 111 Å². The Balaban J connectivity index is 1.25. The van der Waals surface area contributed by atoms with E-state index in [4.69, 9.17) is 11.6 Å². The maximum atomic E-state index is 12.7. The third kappa shape index (κ3) is 4.18. The molecule has 3 heterocycles. The maximum absolute atomic E-state index is 12.7. The lowest BCUT2D eigenvalue weighted by atomic mass is 10.1. The number of aromatic amines is 2. The van der Waals surface area contributed by atoms with Crippen LogP contribution in [0.3, 0.4) is 0 Å². The van der Waals surface area contributed by atoms with Gasteiger partial charge in [-0.2, -0.15) is 5.10 Å². The summed E-state index contributed by atoms with van der Waals surface area (Å²) in [5, 5.41) is 15.5. The maximum Gasteiger partial charge on any atom is 0.272 e. The average Bonchev–Trinajstić information content (AvgIpc) is 3.52. The van der Waals surface area contributed by atoms with E-state index in [1.54, 1.807) is 30.6 Å². The predicted molar refractivity (Wildman–Crippen MR) is 138 cm³/mol. The summed E-state index contributed by atoms with van der Waals surface area (Å²) in [7, 11) is 0. The molecule has 6 rings (SSSR count). The van der Waals surface area contributed by atoms with Crippen LogP contribution in [0.25, 0.3) is 33.2 Å². The zero-order chi connectivity index (χ0) is 23.8. The number of hydrogen-bond donors (Lipinski definition) is 4. The van der Waals surface area contributed by atoms with Crippen LogP contribution in [0.4, 0.5) is 17.2 Å². The number of para-hydroxylation sites is 1. The van der Waals surface area contributed by atoms with Crippen molar-refractivity contribution >= 4 is 56.5 Å². The van der Waals surface area contributed by atoms with Gasteiger partial charge in [-0.15, -0.1) is 0 Å². The lowest BCUT2D eigenvalue weighted by molar-refractivity contribution is 0.102. The molecule has 0 aliphatic heterocycles. The number of H-pyrrole nitrogens is 2. The predicted octanol–water partition coefficient (Wildman–Crippen LogP) is 6.15. The summed E-state index contributed by atoms with van der Waals surface area (Å²) in [6.45, 7) is 0. The van der Waals surface area contributed by atoms with Crippen molar-refractivity contribution in [3.63, 3.8) is 0 Å². The fraction of sp³-hybridized carbons (Fsp3) is 0. The Labute approximate surface area is 204 Å². The van der Waals surface area contributed by atoms with E-state index in [2.05, 4.69) is 35.8 Å². The molecule has 0 fully saturated rings. The number of carbonyl (C=O) groups is 1. The molecule has 0 saturated carbocycles. The minimum absolute atomic E-state index is 0.270. The highest BCUT2D eigenvalue weighted by Gasteiger charge is 2.13. The summed E-state index contributed by atoms with van der Waals surface area (Å²) in [5.74, 6) is 0.968. The van der Waals surface area contributed by atoms with Crippen LogP contribution in [0.1, 0.15) is 10.5 Å². The second-order valence-electron chi connectivity index (χ2n) is 7.98. The molecule has 0 spiro atoms. The van der Waals surface area contributed by atoms with Crippen LogP contribution in [0.15, 0.2) is 85.2 Å². The standard InChI is InChI=1S/C26H18ClN7O/c27-19-3-1-2-4-21(19)32-26(35)23-12-15-5-6-16(13-22(15)31-23)25-28-10-9-24(33-25)30-18-7-8-20-17(11-18)14-29-34-20/h1-14,31H,(H,29,34)(H,32,35)(H,28,30,33). The third-order valence-electron chi connectivity index (χ3n) is 5.62. The first kappa shape index (κ1) is 20.9. The number of benzene rings is 3. The number of nitrogens with one attached hydrogen (secondary N) is 4. The zero-order valence-electron chi connectivity index (χ0n) is 18.2. The fourth-order valence-electron chi connectivity index (χ4n) is 3.88. The van der Waals surface area contributed by atoms with Crippen molar-refractivity contribution in [2.45, 2.75) is 0 Å². The Hall–Kier alpha value is -4.69. The third-order valence-corrected chi connectivity index (χ3v) is 5.95. The molecule has 0 aliphatic carbocycles. The average molecular weight is 480 g/mol. The van der Waals surface area contributed by atoms with Crippen molar-refractivity contribution in [3.05, 3.63) is 95.9 Å². The lowest BCUT2D eigenvalue weighted by Gasteiger charge is -2.07. The quantitative estimate of drug-likeness (QED) is 0.237.